The van der Waals surface area contributed by atoms with Crippen LogP contribution in [0.2, 0.25) is 0 Å². The maximum Gasteiger partial charge on any atom is 0.246 e. The molecule has 1 aliphatic carbocycles. The molecule has 1 saturated heterocycles. The first-order chi connectivity index (χ1) is 9.97. The summed E-state index contributed by atoms with van der Waals surface area (Å²) in [6.07, 6.45) is 3.91. The van der Waals surface area contributed by atoms with Gasteiger partial charge in [-0.3, -0.25) is 14.3 Å². The number of carbonyl (C=O) groups is 2. The number of piperazine rings is 1. The van der Waals surface area contributed by atoms with E-state index in [9.17, 15) is 9.59 Å². The fourth-order valence-electron chi connectivity index (χ4n) is 2.99. The Morgan fingerprint density at radius 2 is 2.10 bits per heavy atom. The molecule has 2 heterocycles. The molecule has 114 valence electrons. The van der Waals surface area contributed by atoms with Crippen molar-refractivity contribution in [3.8, 4) is 0 Å². The number of aromatic nitrogens is 2. The maximum absolute atomic E-state index is 12.7. The van der Waals surface area contributed by atoms with Crippen LogP contribution < -0.4 is 5.32 Å². The molecule has 6 heteroatoms. The predicted molar refractivity (Wildman–Crippen MR) is 77.0 cm³/mol. The molecule has 2 unspecified atom stereocenters. The van der Waals surface area contributed by atoms with Crippen LogP contribution in [0.3, 0.4) is 0 Å². The van der Waals surface area contributed by atoms with E-state index in [1.54, 1.807) is 9.58 Å². The first-order valence-electron chi connectivity index (χ1n) is 7.56. The summed E-state index contributed by atoms with van der Waals surface area (Å²) in [6.45, 7) is 4.33. The van der Waals surface area contributed by atoms with E-state index in [1.165, 1.54) is 0 Å². The van der Waals surface area contributed by atoms with Crippen molar-refractivity contribution in [3.63, 3.8) is 0 Å². The number of carbonyl (C=O) groups excluding carboxylic acids is 2. The Hall–Kier alpha value is -1.85. The molecule has 0 spiro atoms. The minimum atomic E-state index is -0.420. The first kappa shape index (κ1) is 14.1. The number of hydrogen-bond donors (Lipinski definition) is 1. The highest BCUT2D eigenvalue weighted by Gasteiger charge is 2.48. The number of rotatable bonds is 4. The molecule has 6 nitrogen and oxygen atoms in total. The van der Waals surface area contributed by atoms with Crippen molar-refractivity contribution in [3.05, 3.63) is 18.0 Å². The van der Waals surface area contributed by atoms with Crippen molar-refractivity contribution in [1.29, 1.82) is 0 Å². The van der Waals surface area contributed by atoms with E-state index in [0.29, 0.717) is 12.5 Å². The van der Waals surface area contributed by atoms with Gasteiger partial charge in [0.15, 0.2) is 0 Å². The lowest BCUT2D eigenvalue weighted by Crippen LogP contribution is -2.65. The van der Waals surface area contributed by atoms with Crippen molar-refractivity contribution < 1.29 is 9.59 Å². The molecule has 21 heavy (non-hydrogen) atoms. The molecule has 0 aromatic carbocycles. The second-order valence-corrected chi connectivity index (χ2v) is 6.46. The van der Waals surface area contributed by atoms with E-state index >= 15 is 0 Å². The molecule has 2 aliphatic rings. The van der Waals surface area contributed by atoms with Crippen LogP contribution in [0.1, 0.15) is 32.4 Å². The summed E-state index contributed by atoms with van der Waals surface area (Å²) in [5, 5.41) is 7.24. The van der Waals surface area contributed by atoms with Gasteiger partial charge in [0.1, 0.15) is 12.1 Å². The summed E-state index contributed by atoms with van der Waals surface area (Å²) in [6, 6.07) is 1.15. The average molecular weight is 290 g/mol. The Morgan fingerprint density at radius 3 is 2.62 bits per heavy atom. The molecular formula is C15H22N4O2. The van der Waals surface area contributed by atoms with Crippen molar-refractivity contribution in [1.82, 2.24) is 20.0 Å². The smallest absolute Gasteiger partial charge is 0.246 e. The van der Waals surface area contributed by atoms with Gasteiger partial charge >= 0.3 is 0 Å². The van der Waals surface area contributed by atoms with Gasteiger partial charge in [-0.25, -0.2) is 0 Å². The van der Waals surface area contributed by atoms with Crippen molar-refractivity contribution >= 4 is 11.8 Å². The molecule has 1 aromatic heterocycles. The van der Waals surface area contributed by atoms with E-state index in [0.717, 1.165) is 18.5 Å². The quantitative estimate of drug-likeness (QED) is 0.887. The summed E-state index contributed by atoms with van der Waals surface area (Å²) in [5.41, 5.74) is 0.828. The van der Waals surface area contributed by atoms with Gasteiger partial charge in [-0.05, 0) is 30.7 Å². The number of nitrogens with one attached hydrogen (secondary N) is 1. The van der Waals surface area contributed by atoms with E-state index in [2.05, 4.69) is 10.4 Å². The molecular weight excluding hydrogens is 268 g/mol. The molecule has 0 radical (unpaired) electrons. The number of amides is 2. The van der Waals surface area contributed by atoms with Crippen molar-refractivity contribution in [2.75, 3.05) is 0 Å². The fraction of sp³-hybridized carbons (Fsp3) is 0.667. The van der Waals surface area contributed by atoms with Gasteiger partial charge in [0.05, 0.1) is 12.2 Å². The molecule has 0 bridgehead atoms. The van der Waals surface area contributed by atoms with Crippen LogP contribution in [-0.2, 0) is 23.2 Å². The number of aryl methyl sites for hydroxylation is 1. The second-order valence-electron chi connectivity index (χ2n) is 6.46. The third-order valence-corrected chi connectivity index (χ3v) is 4.29. The molecule has 2 fully saturated rings. The lowest BCUT2D eigenvalue weighted by atomic mass is 9.96. The minimum Gasteiger partial charge on any atom is -0.342 e. The summed E-state index contributed by atoms with van der Waals surface area (Å²) in [7, 11) is 1.85. The average Bonchev–Trinajstić information content (AvgIpc) is 3.16. The van der Waals surface area contributed by atoms with Crippen LogP contribution in [0.15, 0.2) is 12.3 Å². The van der Waals surface area contributed by atoms with Gasteiger partial charge in [0, 0.05) is 13.2 Å². The van der Waals surface area contributed by atoms with Crippen LogP contribution in [-0.4, -0.2) is 38.6 Å². The van der Waals surface area contributed by atoms with Gasteiger partial charge in [-0.2, -0.15) is 5.10 Å². The zero-order valence-electron chi connectivity index (χ0n) is 12.7. The Morgan fingerprint density at radius 1 is 1.38 bits per heavy atom. The maximum atomic E-state index is 12.7. The highest BCUT2D eigenvalue weighted by molar-refractivity contribution is 5.97. The van der Waals surface area contributed by atoms with Crippen LogP contribution in [0, 0.1) is 11.8 Å². The highest BCUT2D eigenvalue weighted by atomic mass is 16.2. The Bertz CT molecular complexity index is 562. The topological polar surface area (TPSA) is 67.2 Å². The number of hydrogen-bond acceptors (Lipinski definition) is 3. The van der Waals surface area contributed by atoms with Gasteiger partial charge in [-0.15, -0.1) is 0 Å². The SMILES string of the molecule is CC(C)C1NC(=O)C(C2CC2)N(Cc2ccn(C)n2)C1=O. The minimum absolute atomic E-state index is 0.00766. The molecule has 2 amide bonds. The largest absolute Gasteiger partial charge is 0.342 e. The normalized spacial score (nSPS) is 26.4. The molecule has 1 N–H and O–H groups in total. The monoisotopic (exact) mass is 290 g/mol. The van der Waals surface area contributed by atoms with Crippen LogP contribution in [0.25, 0.3) is 0 Å². The number of nitrogens with zero attached hydrogens (tertiary/aromatic N) is 3. The third kappa shape index (κ3) is 2.66. The van der Waals surface area contributed by atoms with Gasteiger partial charge in [-0.1, -0.05) is 13.8 Å². The summed E-state index contributed by atoms with van der Waals surface area (Å²) in [5.74, 6) is 0.414. The van der Waals surface area contributed by atoms with Gasteiger partial charge < -0.3 is 10.2 Å². The van der Waals surface area contributed by atoms with Crippen molar-refractivity contribution in [2.24, 2.45) is 18.9 Å². The highest BCUT2D eigenvalue weighted by Crippen LogP contribution is 2.37. The Labute approximate surface area is 124 Å². The van der Waals surface area contributed by atoms with Crippen molar-refractivity contribution in [2.45, 2.75) is 45.3 Å². The second kappa shape index (κ2) is 5.16. The summed E-state index contributed by atoms with van der Waals surface area (Å²) in [4.78, 5) is 26.9. The summed E-state index contributed by atoms with van der Waals surface area (Å²) < 4.78 is 1.72. The van der Waals surface area contributed by atoms with E-state index < -0.39 is 6.04 Å². The molecule has 3 rings (SSSR count). The summed E-state index contributed by atoms with van der Waals surface area (Å²) >= 11 is 0. The molecule has 1 aliphatic heterocycles. The zero-order valence-corrected chi connectivity index (χ0v) is 12.7. The predicted octanol–water partition coefficient (Wildman–Crippen LogP) is 0.682. The first-order valence-corrected chi connectivity index (χ1v) is 7.56. The molecule has 1 saturated carbocycles. The fourth-order valence-corrected chi connectivity index (χ4v) is 2.99. The lowest BCUT2D eigenvalue weighted by molar-refractivity contribution is -0.152. The standard InChI is InChI=1S/C15H22N4O2/c1-9(2)12-15(21)19(8-11-6-7-18(3)17-11)13(10-4-5-10)14(20)16-12/h6-7,9-10,12-13H,4-5,8H2,1-3H3,(H,16,20). The molecule has 2 atom stereocenters. The van der Waals surface area contributed by atoms with E-state index in [1.807, 2.05) is 33.2 Å². The van der Waals surface area contributed by atoms with E-state index in [-0.39, 0.29) is 23.8 Å². The van der Waals surface area contributed by atoms with Gasteiger partial charge in [0.25, 0.3) is 0 Å². The van der Waals surface area contributed by atoms with Crippen LogP contribution in [0.4, 0.5) is 0 Å². The Kier molecular flexibility index (Phi) is 3.47. The lowest BCUT2D eigenvalue weighted by Gasteiger charge is -2.40. The molecule has 1 aromatic rings. The van der Waals surface area contributed by atoms with Crippen LogP contribution in [0.5, 0.6) is 0 Å². The third-order valence-electron chi connectivity index (χ3n) is 4.29. The Balaban J connectivity index is 1.86. The van der Waals surface area contributed by atoms with Gasteiger partial charge in [0.2, 0.25) is 11.8 Å². The van der Waals surface area contributed by atoms with Crippen LogP contribution >= 0.6 is 0 Å². The van der Waals surface area contributed by atoms with E-state index in [4.69, 9.17) is 0 Å². The zero-order chi connectivity index (χ0) is 15.1.